The van der Waals surface area contributed by atoms with Gasteiger partial charge in [0.25, 0.3) is 0 Å². The van der Waals surface area contributed by atoms with Gasteiger partial charge in [-0.1, -0.05) is 35.2 Å². The molecule has 102 valence electrons. The van der Waals surface area contributed by atoms with E-state index in [9.17, 15) is 4.79 Å². The van der Waals surface area contributed by atoms with Crippen LogP contribution in [0.25, 0.3) is 0 Å². The van der Waals surface area contributed by atoms with E-state index in [4.69, 9.17) is 0 Å². The molecular formula is C13H12N4OS2. The lowest BCUT2D eigenvalue weighted by molar-refractivity contribution is -0.114. The normalized spacial score (nSPS) is 18.0. The second kappa shape index (κ2) is 5.34. The number of hydrogen-bond acceptors (Lipinski definition) is 6. The molecular weight excluding hydrogens is 292 g/mol. The van der Waals surface area contributed by atoms with Crippen molar-refractivity contribution < 1.29 is 4.79 Å². The van der Waals surface area contributed by atoms with Crippen molar-refractivity contribution in [1.29, 1.82) is 0 Å². The minimum absolute atomic E-state index is 0.0750. The zero-order chi connectivity index (χ0) is 14.1. The molecule has 1 aliphatic heterocycles. The van der Waals surface area contributed by atoms with Gasteiger partial charge in [-0.3, -0.25) is 9.79 Å². The van der Waals surface area contributed by atoms with E-state index in [0.29, 0.717) is 0 Å². The van der Waals surface area contributed by atoms with Gasteiger partial charge in [-0.25, -0.2) is 0 Å². The van der Waals surface area contributed by atoms with Gasteiger partial charge in [0.05, 0.1) is 11.4 Å². The van der Waals surface area contributed by atoms with Gasteiger partial charge in [-0.05, 0) is 26.0 Å². The number of anilines is 1. The lowest BCUT2D eigenvalue weighted by Gasteiger charge is -2.11. The fourth-order valence-electron chi connectivity index (χ4n) is 1.88. The molecule has 0 radical (unpaired) electrons. The fourth-order valence-corrected chi connectivity index (χ4v) is 3.82. The van der Waals surface area contributed by atoms with Crippen LogP contribution in [-0.4, -0.2) is 27.1 Å². The summed E-state index contributed by atoms with van der Waals surface area (Å²) in [4.78, 5) is 16.9. The predicted octanol–water partition coefficient (Wildman–Crippen LogP) is 3.05. The van der Waals surface area contributed by atoms with Crippen LogP contribution in [0.2, 0.25) is 0 Å². The van der Waals surface area contributed by atoms with Gasteiger partial charge in [0.1, 0.15) is 10.3 Å². The second-order valence-corrected chi connectivity index (χ2v) is 6.88. The number of thioether (sulfide) groups is 1. The summed E-state index contributed by atoms with van der Waals surface area (Å²) < 4.78 is 0.781. The SMILES string of the molecule is CC1=Nc2ccccc2NC(=O)[C@H]1Sc1nnc(C)s1. The standard InChI is InChI=1S/C13H12N4OS2/c1-7-11(20-13-17-16-8(2)19-13)12(18)15-10-6-4-3-5-9(10)14-7/h3-6,11H,1-2H3,(H,15,18)/t11-/m0/s1. The summed E-state index contributed by atoms with van der Waals surface area (Å²) in [6.45, 7) is 3.76. The quantitative estimate of drug-likeness (QED) is 0.926. The van der Waals surface area contributed by atoms with Crippen molar-refractivity contribution in [1.82, 2.24) is 10.2 Å². The molecule has 7 heteroatoms. The van der Waals surface area contributed by atoms with Crippen LogP contribution < -0.4 is 5.32 Å². The predicted molar refractivity (Wildman–Crippen MR) is 82.1 cm³/mol. The van der Waals surface area contributed by atoms with Crippen molar-refractivity contribution in [3.05, 3.63) is 29.3 Å². The van der Waals surface area contributed by atoms with Crippen LogP contribution in [0.15, 0.2) is 33.6 Å². The number of rotatable bonds is 2. The first-order valence-electron chi connectivity index (χ1n) is 6.05. The Hall–Kier alpha value is -1.73. The van der Waals surface area contributed by atoms with Gasteiger partial charge >= 0.3 is 0 Å². The molecule has 20 heavy (non-hydrogen) atoms. The smallest absolute Gasteiger partial charge is 0.243 e. The van der Waals surface area contributed by atoms with E-state index >= 15 is 0 Å². The summed E-state index contributed by atoms with van der Waals surface area (Å²) >= 11 is 2.87. The molecule has 0 fully saturated rings. The van der Waals surface area contributed by atoms with Crippen molar-refractivity contribution in [2.24, 2.45) is 4.99 Å². The Bertz CT molecular complexity index is 695. The Morgan fingerprint density at radius 2 is 2.05 bits per heavy atom. The van der Waals surface area contributed by atoms with Crippen molar-refractivity contribution in [3.8, 4) is 0 Å². The summed E-state index contributed by atoms with van der Waals surface area (Å²) in [5, 5.41) is 11.4. The van der Waals surface area contributed by atoms with Crippen LogP contribution in [0.4, 0.5) is 11.4 Å². The average molecular weight is 304 g/mol. The highest BCUT2D eigenvalue weighted by molar-refractivity contribution is 8.03. The number of nitrogens with zero attached hydrogens (tertiary/aromatic N) is 3. The number of aryl methyl sites for hydroxylation is 1. The molecule has 0 unspecified atom stereocenters. The molecule has 0 spiro atoms. The summed E-state index contributed by atoms with van der Waals surface area (Å²) in [5.41, 5.74) is 2.30. The Morgan fingerprint density at radius 3 is 2.80 bits per heavy atom. The lowest BCUT2D eigenvalue weighted by atomic mass is 10.3. The molecule has 0 bridgehead atoms. The number of aromatic nitrogens is 2. The summed E-state index contributed by atoms with van der Waals surface area (Å²) in [5.74, 6) is -0.0750. The van der Waals surface area contributed by atoms with Crippen LogP contribution in [0, 0.1) is 6.92 Å². The van der Waals surface area contributed by atoms with Crippen LogP contribution in [0.1, 0.15) is 11.9 Å². The molecule has 1 N–H and O–H groups in total. The second-order valence-electron chi connectivity index (χ2n) is 4.34. The third kappa shape index (κ3) is 2.59. The van der Waals surface area contributed by atoms with Gasteiger partial charge in [-0.2, -0.15) is 0 Å². The zero-order valence-electron chi connectivity index (χ0n) is 11.0. The molecule has 1 amide bonds. The minimum Gasteiger partial charge on any atom is -0.323 e. The van der Waals surface area contributed by atoms with E-state index in [0.717, 1.165) is 26.4 Å². The minimum atomic E-state index is -0.380. The van der Waals surface area contributed by atoms with E-state index in [1.54, 1.807) is 0 Å². The molecule has 1 aliphatic rings. The third-order valence-corrected chi connectivity index (χ3v) is 5.05. The van der Waals surface area contributed by atoms with E-state index in [2.05, 4.69) is 20.5 Å². The molecule has 1 aromatic heterocycles. The highest BCUT2D eigenvalue weighted by Crippen LogP contribution is 2.33. The summed E-state index contributed by atoms with van der Waals surface area (Å²) in [6.07, 6.45) is 0. The maximum Gasteiger partial charge on any atom is 0.243 e. The van der Waals surface area contributed by atoms with Gasteiger partial charge in [0.15, 0.2) is 4.34 Å². The maximum atomic E-state index is 12.3. The van der Waals surface area contributed by atoms with Crippen LogP contribution in [-0.2, 0) is 4.79 Å². The van der Waals surface area contributed by atoms with E-state index in [-0.39, 0.29) is 11.2 Å². The van der Waals surface area contributed by atoms with Crippen LogP contribution in [0.5, 0.6) is 0 Å². The van der Waals surface area contributed by atoms with E-state index in [1.165, 1.54) is 23.1 Å². The maximum absolute atomic E-state index is 12.3. The molecule has 3 rings (SSSR count). The number of carbonyl (C=O) groups is 1. The first-order chi connectivity index (χ1) is 9.63. The molecule has 2 aromatic rings. The number of aliphatic imine (C=N–C) groups is 1. The molecule has 2 heterocycles. The average Bonchev–Trinajstić information content (AvgIpc) is 2.78. The Balaban J connectivity index is 1.92. The molecule has 1 aromatic carbocycles. The van der Waals surface area contributed by atoms with Crippen LogP contribution in [0.3, 0.4) is 0 Å². The van der Waals surface area contributed by atoms with Crippen molar-refractivity contribution >= 4 is 46.1 Å². The number of amides is 1. The number of fused-ring (bicyclic) bond motifs is 1. The number of carbonyl (C=O) groups excluding carboxylic acids is 1. The van der Waals surface area contributed by atoms with Gasteiger partial charge in [0.2, 0.25) is 5.91 Å². The number of para-hydroxylation sites is 2. The molecule has 0 saturated carbocycles. The largest absolute Gasteiger partial charge is 0.323 e. The molecule has 0 aliphatic carbocycles. The number of hydrogen-bond donors (Lipinski definition) is 1. The van der Waals surface area contributed by atoms with Gasteiger partial charge in [-0.15, -0.1) is 10.2 Å². The monoisotopic (exact) mass is 304 g/mol. The highest BCUT2D eigenvalue weighted by Gasteiger charge is 2.27. The fraction of sp³-hybridized carbons (Fsp3) is 0.231. The van der Waals surface area contributed by atoms with Crippen molar-refractivity contribution in [2.45, 2.75) is 23.4 Å². The van der Waals surface area contributed by atoms with E-state index < -0.39 is 0 Å². The molecule has 1 atom stereocenters. The van der Waals surface area contributed by atoms with Crippen molar-refractivity contribution in [3.63, 3.8) is 0 Å². The first-order valence-corrected chi connectivity index (χ1v) is 7.75. The highest BCUT2D eigenvalue weighted by atomic mass is 32.2. The topological polar surface area (TPSA) is 67.2 Å². The zero-order valence-corrected chi connectivity index (χ0v) is 12.6. The molecule has 0 saturated heterocycles. The molecule has 5 nitrogen and oxygen atoms in total. The Morgan fingerprint density at radius 1 is 1.25 bits per heavy atom. The number of nitrogens with one attached hydrogen (secondary N) is 1. The van der Waals surface area contributed by atoms with Crippen molar-refractivity contribution in [2.75, 3.05) is 5.32 Å². The third-order valence-electron chi connectivity index (χ3n) is 2.80. The summed E-state index contributed by atoms with van der Waals surface area (Å²) in [6, 6.07) is 7.53. The van der Waals surface area contributed by atoms with E-state index in [1.807, 2.05) is 38.1 Å². The lowest BCUT2D eigenvalue weighted by Crippen LogP contribution is -2.29. The van der Waals surface area contributed by atoms with Gasteiger partial charge in [0, 0.05) is 5.71 Å². The first kappa shape index (κ1) is 13.3. The Labute approximate surface area is 124 Å². The number of benzene rings is 1. The summed E-state index contributed by atoms with van der Waals surface area (Å²) in [7, 11) is 0. The Kier molecular flexibility index (Phi) is 3.54. The van der Waals surface area contributed by atoms with Crippen LogP contribution >= 0.6 is 23.1 Å². The van der Waals surface area contributed by atoms with Gasteiger partial charge < -0.3 is 5.32 Å².